The molecule has 10 heteroatoms. The smallest absolute Gasteiger partial charge is 0.489 e. The van der Waals surface area contributed by atoms with E-state index in [9.17, 15) is 18.0 Å². The Kier molecular flexibility index (Phi) is 7.18. The largest absolute Gasteiger partial charge is 0.573 e. The van der Waals surface area contributed by atoms with Crippen molar-refractivity contribution >= 4 is 17.0 Å². The van der Waals surface area contributed by atoms with Crippen LogP contribution in [0.5, 0.6) is 11.5 Å². The maximum absolute atomic E-state index is 12.6. The highest BCUT2D eigenvalue weighted by atomic mass is 19.4. The average Bonchev–Trinajstić information content (AvgIpc) is 3.26. The van der Waals surface area contributed by atoms with E-state index in [0.29, 0.717) is 29.4 Å². The van der Waals surface area contributed by atoms with Gasteiger partial charge in [-0.1, -0.05) is 36.4 Å². The molecule has 1 N–H and O–H groups in total. The van der Waals surface area contributed by atoms with Crippen molar-refractivity contribution in [2.24, 2.45) is 0 Å². The monoisotopic (exact) mass is 533 g/mol. The Labute approximate surface area is 221 Å². The molecule has 5 aromatic rings. The highest BCUT2D eigenvalue weighted by molar-refractivity contribution is 5.81. The number of benzene rings is 3. The third-order valence-corrected chi connectivity index (χ3v) is 5.96. The first-order valence-corrected chi connectivity index (χ1v) is 11.9. The molecule has 0 aliphatic carbocycles. The Morgan fingerprint density at radius 3 is 2.36 bits per heavy atom. The summed E-state index contributed by atoms with van der Waals surface area (Å²) >= 11 is 0. The van der Waals surface area contributed by atoms with E-state index in [0.717, 1.165) is 22.2 Å². The molecule has 5 rings (SSSR count). The third-order valence-electron chi connectivity index (χ3n) is 5.96. The number of aromatic nitrogens is 3. The molecular weight excluding hydrogens is 511 g/mol. The van der Waals surface area contributed by atoms with E-state index >= 15 is 0 Å². The zero-order chi connectivity index (χ0) is 27.4. The van der Waals surface area contributed by atoms with Crippen molar-refractivity contribution in [1.82, 2.24) is 14.5 Å². The van der Waals surface area contributed by atoms with Gasteiger partial charge in [-0.15, -0.1) is 13.2 Å². The van der Waals surface area contributed by atoms with Crippen molar-refractivity contribution in [3.05, 3.63) is 108 Å². The lowest BCUT2D eigenvalue weighted by Crippen LogP contribution is -2.17. The van der Waals surface area contributed by atoms with Gasteiger partial charge >= 0.3 is 12.3 Å². The molecule has 2 aromatic heterocycles. The molecule has 0 spiro atoms. The topological polar surface area (TPSA) is 86.5 Å². The minimum atomic E-state index is -4.77. The van der Waals surface area contributed by atoms with E-state index in [1.54, 1.807) is 24.3 Å². The second-order valence-electron chi connectivity index (χ2n) is 8.69. The van der Waals surface area contributed by atoms with Gasteiger partial charge in [0.15, 0.2) is 0 Å². The molecule has 0 saturated carbocycles. The summed E-state index contributed by atoms with van der Waals surface area (Å²) in [6, 6.07) is 24.2. The van der Waals surface area contributed by atoms with E-state index in [2.05, 4.69) is 9.72 Å². The molecule has 0 aliphatic rings. The van der Waals surface area contributed by atoms with Gasteiger partial charge in [0.2, 0.25) is 0 Å². The van der Waals surface area contributed by atoms with Gasteiger partial charge in [0.05, 0.1) is 29.7 Å². The van der Waals surface area contributed by atoms with Crippen LogP contribution < -0.4 is 9.47 Å². The lowest BCUT2D eigenvalue weighted by atomic mass is 10.1. The summed E-state index contributed by atoms with van der Waals surface area (Å²) in [5.41, 5.74) is 4.52. The van der Waals surface area contributed by atoms with E-state index in [1.165, 1.54) is 18.3 Å². The molecule has 0 atom stereocenters. The van der Waals surface area contributed by atoms with Crippen LogP contribution in [-0.4, -0.2) is 32.0 Å². The summed E-state index contributed by atoms with van der Waals surface area (Å²) in [4.78, 5) is 19.8. The Morgan fingerprint density at radius 2 is 1.62 bits per heavy atom. The number of hydrogen-bond donors (Lipinski definition) is 1. The lowest BCUT2D eigenvalue weighted by molar-refractivity contribution is -0.274. The number of nitrogens with zero attached hydrogens (tertiary/aromatic N) is 3. The van der Waals surface area contributed by atoms with Crippen LogP contribution in [0.25, 0.3) is 22.4 Å². The SMILES string of the molecule is O=C(O)Cc1cc(OCc2ccccc2Cn2c(-c3ccc(OC(F)(F)F)cc3)nc3ccccc32)ccn1. The second kappa shape index (κ2) is 10.9. The van der Waals surface area contributed by atoms with Gasteiger partial charge in [-0.2, -0.15) is 0 Å². The number of fused-ring (bicyclic) bond motifs is 1. The molecule has 39 heavy (non-hydrogen) atoms. The first-order valence-electron chi connectivity index (χ1n) is 11.9. The third kappa shape index (κ3) is 6.35. The van der Waals surface area contributed by atoms with E-state index in [1.807, 2.05) is 53.1 Å². The summed E-state index contributed by atoms with van der Waals surface area (Å²) in [5, 5.41) is 9.02. The van der Waals surface area contributed by atoms with Crippen molar-refractivity contribution in [2.75, 3.05) is 0 Å². The van der Waals surface area contributed by atoms with Crippen LogP contribution in [0, 0.1) is 0 Å². The Hall–Kier alpha value is -4.86. The van der Waals surface area contributed by atoms with Crippen LogP contribution in [0.4, 0.5) is 13.2 Å². The first-order chi connectivity index (χ1) is 18.7. The second-order valence-corrected chi connectivity index (χ2v) is 8.69. The van der Waals surface area contributed by atoms with Crippen LogP contribution in [0.2, 0.25) is 0 Å². The van der Waals surface area contributed by atoms with Crippen molar-refractivity contribution < 1.29 is 32.5 Å². The van der Waals surface area contributed by atoms with Crippen molar-refractivity contribution in [3.8, 4) is 22.9 Å². The molecule has 0 radical (unpaired) electrons. The maximum Gasteiger partial charge on any atom is 0.573 e. The summed E-state index contributed by atoms with van der Waals surface area (Å²) in [6.45, 7) is 0.662. The maximum atomic E-state index is 12.6. The van der Waals surface area contributed by atoms with E-state index < -0.39 is 12.3 Å². The van der Waals surface area contributed by atoms with Gasteiger partial charge in [-0.05, 0) is 53.6 Å². The number of carboxylic acid groups (broad SMARTS) is 1. The molecule has 3 aromatic carbocycles. The minimum Gasteiger partial charge on any atom is -0.489 e. The predicted molar refractivity (Wildman–Crippen MR) is 137 cm³/mol. The highest BCUT2D eigenvalue weighted by Gasteiger charge is 2.31. The van der Waals surface area contributed by atoms with Gasteiger partial charge in [0.1, 0.15) is 23.9 Å². The predicted octanol–water partition coefficient (Wildman–Crippen LogP) is 6.25. The molecule has 2 heterocycles. The summed E-state index contributed by atoms with van der Waals surface area (Å²) in [5.74, 6) is -0.182. The summed E-state index contributed by atoms with van der Waals surface area (Å²) in [7, 11) is 0. The van der Waals surface area contributed by atoms with Crippen LogP contribution in [0.15, 0.2) is 91.1 Å². The Bertz CT molecular complexity index is 1610. The normalized spacial score (nSPS) is 11.5. The van der Waals surface area contributed by atoms with Gasteiger partial charge in [-0.3, -0.25) is 9.78 Å². The van der Waals surface area contributed by atoms with Gasteiger partial charge in [-0.25, -0.2) is 4.98 Å². The van der Waals surface area contributed by atoms with Crippen LogP contribution in [0.3, 0.4) is 0 Å². The number of ether oxygens (including phenoxy) is 2. The van der Waals surface area contributed by atoms with Crippen molar-refractivity contribution in [3.63, 3.8) is 0 Å². The van der Waals surface area contributed by atoms with Gasteiger partial charge in [0, 0.05) is 17.8 Å². The summed E-state index contributed by atoms with van der Waals surface area (Å²) < 4.78 is 49.8. The number of carboxylic acids is 1. The van der Waals surface area contributed by atoms with Gasteiger partial charge < -0.3 is 19.1 Å². The molecule has 0 fully saturated rings. The van der Waals surface area contributed by atoms with Crippen LogP contribution in [0.1, 0.15) is 16.8 Å². The van der Waals surface area contributed by atoms with Crippen molar-refractivity contribution in [1.29, 1.82) is 0 Å². The number of rotatable bonds is 9. The summed E-state index contributed by atoms with van der Waals surface area (Å²) in [6.07, 6.45) is -3.46. The molecule has 0 saturated heterocycles. The standard InChI is InChI=1S/C29H22F3N3O4/c30-29(31,32)39-23-11-9-19(10-12-23)28-34-25-7-3-4-8-26(25)35(28)17-20-5-1-2-6-21(20)18-38-24-13-14-33-22(15-24)16-27(36)37/h1-15H,16-18H2,(H,36,37). The molecule has 0 aliphatic heterocycles. The Balaban J connectivity index is 1.43. The lowest BCUT2D eigenvalue weighted by Gasteiger charge is -2.15. The zero-order valence-electron chi connectivity index (χ0n) is 20.4. The Morgan fingerprint density at radius 1 is 0.897 bits per heavy atom. The highest BCUT2D eigenvalue weighted by Crippen LogP contribution is 2.30. The number of imidazole rings is 1. The fraction of sp³-hybridized carbons (Fsp3) is 0.138. The number of para-hydroxylation sites is 2. The molecule has 0 amide bonds. The number of carbonyl (C=O) groups is 1. The minimum absolute atomic E-state index is 0.201. The van der Waals surface area contributed by atoms with Crippen LogP contribution in [-0.2, 0) is 24.4 Å². The van der Waals surface area contributed by atoms with Crippen LogP contribution >= 0.6 is 0 Å². The van der Waals surface area contributed by atoms with Crippen molar-refractivity contribution in [2.45, 2.75) is 25.9 Å². The number of halogens is 3. The van der Waals surface area contributed by atoms with Gasteiger partial charge in [0.25, 0.3) is 0 Å². The molecule has 0 bridgehead atoms. The zero-order valence-corrected chi connectivity index (χ0v) is 20.4. The number of pyridine rings is 1. The number of aliphatic carboxylic acids is 1. The number of hydrogen-bond acceptors (Lipinski definition) is 5. The average molecular weight is 534 g/mol. The molecule has 7 nitrogen and oxygen atoms in total. The fourth-order valence-corrected chi connectivity index (χ4v) is 4.24. The number of alkyl halides is 3. The quantitative estimate of drug-likeness (QED) is 0.241. The van der Waals surface area contributed by atoms with E-state index in [-0.39, 0.29) is 18.8 Å². The van der Waals surface area contributed by atoms with E-state index in [4.69, 9.17) is 14.8 Å². The molecular formula is C29H22F3N3O4. The molecule has 0 unspecified atom stereocenters. The molecule has 198 valence electrons. The fourth-order valence-electron chi connectivity index (χ4n) is 4.24. The first kappa shape index (κ1) is 25.8.